The monoisotopic (exact) mass is 446 g/mol. The Balaban J connectivity index is 1.37. The minimum absolute atomic E-state index is 0.121. The number of aromatic amines is 1. The van der Waals surface area contributed by atoms with Gasteiger partial charge in [0.2, 0.25) is 5.91 Å². The lowest BCUT2D eigenvalue weighted by atomic mass is 10.1. The van der Waals surface area contributed by atoms with Crippen molar-refractivity contribution < 1.29 is 9.18 Å². The van der Waals surface area contributed by atoms with Crippen LogP contribution in [0.15, 0.2) is 73.3 Å². The summed E-state index contributed by atoms with van der Waals surface area (Å²) < 4.78 is 16.1. The van der Waals surface area contributed by atoms with E-state index < -0.39 is 5.82 Å². The number of rotatable bonds is 5. The molecule has 0 aliphatic heterocycles. The number of carbonyl (C=O) groups is 1. The molecule has 0 saturated carbocycles. The van der Waals surface area contributed by atoms with Crippen LogP contribution in [0.25, 0.3) is 28.1 Å². The normalized spacial score (nSPS) is 11.1. The molecule has 3 aromatic heterocycles. The maximum absolute atomic E-state index is 14.5. The number of aromatic nitrogens is 5. The Bertz CT molecular complexity index is 1410. The van der Waals surface area contributed by atoms with E-state index in [1.807, 2.05) is 0 Å². The van der Waals surface area contributed by atoms with Crippen molar-refractivity contribution >= 4 is 34.2 Å². The highest BCUT2D eigenvalue weighted by molar-refractivity contribution is 6.33. The number of H-pyrrole nitrogens is 1. The van der Waals surface area contributed by atoms with Crippen molar-refractivity contribution in [2.75, 3.05) is 5.32 Å². The third kappa shape index (κ3) is 3.95. The van der Waals surface area contributed by atoms with E-state index in [9.17, 15) is 9.18 Å². The van der Waals surface area contributed by atoms with Gasteiger partial charge in [0.15, 0.2) is 0 Å². The Morgan fingerprint density at radius 3 is 2.88 bits per heavy atom. The minimum atomic E-state index is -0.410. The van der Waals surface area contributed by atoms with Crippen LogP contribution in [0.4, 0.5) is 10.1 Å². The second-order valence-electron chi connectivity index (χ2n) is 7.14. The van der Waals surface area contributed by atoms with Gasteiger partial charge in [-0.05, 0) is 42.0 Å². The number of fused-ring (bicyclic) bond motifs is 1. The first-order valence-corrected chi connectivity index (χ1v) is 10.1. The molecule has 3 heterocycles. The number of nitrogens with one attached hydrogen (secondary N) is 2. The van der Waals surface area contributed by atoms with Gasteiger partial charge in [0, 0.05) is 12.4 Å². The number of hydrogen-bond acceptors (Lipinski definition) is 4. The fourth-order valence-corrected chi connectivity index (χ4v) is 3.54. The maximum Gasteiger partial charge on any atom is 0.228 e. The molecule has 0 saturated heterocycles. The van der Waals surface area contributed by atoms with Crippen molar-refractivity contribution in [2.24, 2.45) is 0 Å². The number of anilines is 1. The molecular weight excluding hydrogens is 431 g/mol. The third-order valence-electron chi connectivity index (χ3n) is 4.90. The van der Waals surface area contributed by atoms with Crippen LogP contribution in [0.2, 0.25) is 5.02 Å². The Hall–Kier alpha value is -4.04. The van der Waals surface area contributed by atoms with Crippen LogP contribution in [-0.2, 0) is 11.2 Å². The third-order valence-corrected chi connectivity index (χ3v) is 5.23. The van der Waals surface area contributed by atoms with Gasteiger partial charge in [-0.1, -0.05) is 23.7 Å². The van der Waals surface area contributed by atoms with Crippen molar-refractivity contribution in [3.63, 3.8) is 0 Å². The topological polar surface area (TPSA) is 88.5 Å². The number of amides is 1. The zero-order valence-corrected chi connectivity index (χ0v) is 17.3. The quantitative estimate of drug-likeness (QED) is 0.406. The molecule has 9 heteroatoms. The molecule has 0 radical (unpaired) electrons. The number of hydrogen-bond donors (Lipinski definition) is 2. The van der Waals surface area contributed by atoms with Crippen molar-refractivity contribution in [1.29, 1.82) is 0 Å². The molecule has 0 aliphatic carbocycles. The zero-order chi connectivity index (χ0) is 22.1. The van der Waals surface area contributed by atoms with Gasteiger partial charge >= 0.3 is 0 Å². The average Bonchev–Trinajstić information content (AvgIpc) is 3.42. The molecule has 0 spiro atoms. The van der Waals surface area contributed by atoms with Crippen LogP contribution >= 0.6 is 11.6 Å². The molecule has 158 valence electrons. The lowest BCUT2D eigenvalue weighted by Gasteiger charge is -2.06. The number of halogens is 2. The van der Waals surface area contributed by atoms with Gasteiger partial charge in [-0.15, -0.1) is 0 Å². The zero-order valence-electron chi connectivity index (χ0n) is 16.6. The van der Waals surface area contributed by atoms with E-state index in [1.165, 1.54) is 6.07 Å². The molecule has 5 aromatic rings. The summed E-state index contributed by atoms with van der Waals surface area (Å²) in [4.78, 5) is 23.9. The van der Waals surface area contributed by atoms with Crippen molar-refractivity contribution in [1.82, 2.24) is 24.7 Å². The number of pyridine rings is 1. The van der Waals surface area contributed by atoms with Gasteiger partial charge < -0.3 is 10.3 Å². The van der Waals surface area contributed by atoms with E-state index in [0.717, 1.165) is 5.52 Å². The molecule has 0 aliphatic rings. The van der Waals surface area contributed by atoms with Crippen molar-refractivity contribution in [3.05, 3.63) is 89.7 Å². The summed E-state index contributed by atoms with van der Waals surface area (Å²) in [7, 11) is 0. The van der Waals surface area contributed by atoms with Crippen molar-refractivity contribution in [2.45, 2.75) is 6.42 Å². The highest BCUT2D eigenvalue weighted by Gasteiger charge is 2.13. The Labute approximate surface area is 186 Å². The summed E-state index contributed by atoms with van der Waals surface area (Å²) in [5, 5.41) is 7.57. The average molecular weight is 447 g/mol. The second-order valence-corrected chi connectivity index (χ2v) is 7.55. The predicted octanol–water partition coefficient (Wildman–Crippen LogP) is 4.78. The number of nitrogens with zero attached hydrogens (tertiary/aromatic N) is 4. The SMILES string of the molecule is O=C(Cc1cnn(-c2ccc(F)c(-c3nc4ccncc4[nH]3)c2)c1)Nc1ccccc1Cl. The molecule has 2 aromatic carbocycles. The molecule has 0 fully saturated rings. The van der Waals surface area contributed by atoms with Crippen molar-refractivity contribution in [3.8, 4) is 17.1 Å². The van der Waals surface area contributed by atoms with E-state index in [0.29, 0.717) is 38.9 Å². The summed E-state index contributed by atoms with van der Waals surface area (Å²) in [6.45, 7) is 0. The summed E-state index contributed by atoms with van der Waals surface area (Å²) >= 11 is 6.09. The van der Waals surface area contributed by atoms with E-state index in [2.05, 4.69) is 25.4 Å². The number of carbonyl (C=O) groups excluding carboxylic acids is 1. The van der Waals surface area contributed by atoms with Crippen LogP contribution in [-0.4, -0.2) is 30.6 Å². The molecule has 5 rings (SSSR count). The first-order chi connectivity index (χ1) is 15.6. The highest BCUT2D eigenvalue weighted by Crippen LogP contribution is 2.25. The summed E-state index contributed by atoms with van der Waals surface area (Å²) in [6, 6.07) is 13.4. The Morgan fingerprint density at radius 2 is 2.03 bits per heavy atom. The second kappa shape index (κ2) is 8.24. The Kier molecular flexibility index (Phi) is 5.12. The molecule has 32 heavy (non-hydrogen) atoms. The van der Waals surface area contributed by atoms with Gasteiger partial charge in [0.1, 0.15) is 11.6 Å². The Morgan fingerprint density at radius 1 is 1.16 bits per heavy atom. The van der Waals surface area contributed by atoms with E-state index in [4.69, 9.17) is 11.6 Å². The maximum atomic E-state index is 14.5. The molecule has 0 bridgehead atoms. The first-order valence-electron chi connectivity index (χ1n) is 9.75. The largest absolute Gasteiger partial charge is 0.337 e. The summed E-state index contributed by atoms with van der Waals surface area (Å²) in [5.41, 5.74) is 3.62. The molecule has 0 unspecified atom stereocenters. The standard InChI is InChI=1S/C23H16ClFN6O/c24-17-3-1-2-4-19(17)28-22(32)9-14-11-27-31(13-14)15-5-6-18(25)16(10-15)23-29-20-7-8-26-12-21(20)30-23/h1-8,10-13H,9H2,(H,28,32)(H,29,30). The minimum Gasteiger partial charge on any atom is -0.337 e. The van der Waals surface area contributed by atoms with Crippen LogP contribution in [0.1, 0.15) is 5.56 Å². The van der Waals surface area contributed by atoms with Crippen LogP contribution < -0.4 is 5.32 Å². The highest BCUT2D eigenvalue weighted by atomic mass is 35.5. The van der Waals surface area contributed by atoms with E-state index in [-0.39, 0.29) is 12.3 Å². The molecule has 7 nitrogen and oxygen atoms in total. The smallest absolute Gasteiger partial charge is 0.228 e. The van der Waals surface area contributed by atoms with Crippen LogP contribution in [0, 0.1) is 5.82 Å². The lowest BCUT2D eigenvalue weighted by molar-refractivity contribution is -0.115. The van der Waals surface area contributed by atoms with Gasteiger partial charge in [0.25, 0.3) is 0 Å². The lowest BCUT2D eigenvalue weighted by Crippen LogP contribution is -2.14. The predicted molar refractivity (Wildman–Crippen MR) is 120 cm³/mol. The number of benzene rings is 2. The molecular formula is C23H16ClFN6O. The van der Waals surface area contributed by atoms with Gasteiger partial charge in [-0.25, -0.2) is 14.1 Å². The van der Waals surface area contributed by atoms with Gasteiger partial charge in [-0.2, -0.15) is 5.10 Å². The molecule has 1 amide bonds. The molecule has 0 atom stereocenters. The van der Waals surface area contributed by atoms with Crippen LogP contribution in [0.3, 0.4) is 0 Å². The van der Waals surface area contributed by atoms with Crippen LogP contribution in [0.5, 0.6) is 0 Å². The van der Waals surface area contributed by atoms with Gasteiger partial charge in [-0.3, -0.25) is 9.78 Å². The number of imidazole rings is 1. The summed E-state index contributed by atoms with van der Waals surface area (Å²) in [5.74, 6) is -0.223. The summed E-state index contributed by atoms with van der Waals surface area (Å²) in [6.07, 6.45) is 6.72. The fraction of sp³-hybridized carbons (Fsp3) is 0.0435. The van der Waals surface area contributed by atoms with E-state index >= 15 is 0 Å². The number of para-hydroxylation sites is 1. The first kappa shape index (κ1) is 19.9. The van der Waals surface area contributed by atoms with Gasteiger partial charge in [0.05, 0.1) is 51.8 Å². The van der Waals surface area contributed by atoms with E-state index in [1.54, 1.807) is 71.9 Å². The molecule has 2 N–H and O–H groups in total. The fourth-order valence-electron chi connectivity index (χ4n) is 3.36.